The molecule has 6 nitrogen and oxygen atoms in total. The Balaban J connectivity index is 3.54. The fourth-order valence-electron chi connectivity index (χ4n) is 1.02. The van der Waals surface area contributed by atoms with E-state index in [-0.39, 0.29) is 10.4 Å². The van der Waals surface area contributed by atoms with Crippen LogP contribution in [0.4, 0.5) is 0 Å². The maximum Gasteiger partial charge on any atom is 0.333 e. The van der Waals surface area contributed by atoms with Crippen LogP contribution in [0.1, 0.15) is 13.3 Å². The Hall–Kier alpha value is -1.37. The molecule has 0 spiro atoms. The van der Waals surface area contributed by atoms with Crippen LogP contribution in [0.5, 0.6) is 0 Å². The molecule has 1 N–H and O–H groups in total. The maximum absolute atomic E-state index is 11.3. The van der Waals surface area contributed by atoms with Crippen molar-refractivity contribution in [2.24, 2.45) is 0 Å². The van der Waals surface area contributed by atoms with Gasteiger partial charge < -0.3 is 0 Å². The normalized spacial score (nSPS) is 10.5. The molecule has 1 heterocycles. The summed E-state index contributed by atoms with van der Waals surface area (Å²) in [7, 11) is 0.283. The van der Waals surface area contributed by atoms with Gasteiger partial charge in [-0.3, -0.25) is 9.22 Å². The van der Waals surface area contributed by atoms with E-state index in [0.717, 1.165) is 8.80 Å². The summed E-state index contributed by atoms with van der Waals surface area (Å²) < 4.78 is 2.05. The van der Waals surface area contributed by atoms with Crippen LogP contribution in [0.3, 0.4) is 0 Å². The first kappa shape index (κ1) is 9.71. The van der Waals surface area contributed by atoms with E-state index in [2.05, 4.69) is 4.98 Å². The molecule has 1 aromatic rings. The van der Waals surface area contributed by atoms with Crippen LogP contribution in [-0.4, -0.2) is 24.2 Å². The van der Waals surface area contributed by atoms with Crippen LogP contribution in [0, 0.1) is 0 Å². The number of aromatic nitrogens is 3. The van der Waals surface area contributed by atoms with E-state index < -0.39 is 17.1 Å². The van der Waals surface area contributed by atoms with Crippen molar-refractivity contribution in [1.82, 2.24) is 13.8 Å². The quantitative estimate of drug-likeness (QED) is 0.526. The van der Waals surface area contributed by atoms with Gasteiger partial charge in [-0.05, 0) is 6.42 Å². The molecule has 1 rings (SSSR count). The van der Waals surface area contributed by atoms with Crippen molar-refractivity contribution in [2.45, 2.75) is 19.9 Å². The average Bonchev–Trinajstić information content (AvgIpc) is 2.09. The summed E-state index contributed by atoms with van der Waals surface area (Å²) in [5, 5.41) is 0. The molecule has 13 heavy (non-hydrogen) atoms. The molecule has 0 saturated carbocycles. The molecule has 0 aliphatic carbocycles. The maximum atomic E-state index is 11.3. The van der Waals surface area contributed by atoms with Gasteiger partial charge in [0.05, 0.1) is 0 Å². The molecule has 1 aromatic heterocycles. The molecule has 0 aromatic carbocycles. The van der Waals surface area contributed by atoms with Crippen LogP contribution >= 0.6 is 0 Å². The topological polar surface area (TPSA) is 76.9 Å². The fourth-order valence-corrected chi connectivity index (χ4v) is 1.37. The number of aromatic amines is 1. The first-order valence-corrected chi connectivity index (χ1v) is 4.87. The molecule has 0 bridgehead atoms. The number of rotatable bonds is 2. The zero-order chi connectivity index (χ0) is 10.0. The van der Waals surface area contributed by atoms with Gasteiger partial charge in [0, 0.05) is 6.54 Å². The number of hydrogen-bond acceptors (Lipinski definition) is 3. The van der Waals surface area contributed by atoms with Gasteiger partial charge >= 0.3 is 17.1 Å². The van der Waals surface area contributed by atoms with Crippen molar-refractivity contribution in [3.8, 4) is 0 Å². The highest BCUT2D eigenvalue weighted by Crippen LogP contribution is 1.75. The van der Waals surface area contributed by atoms with Gasteiger partial charge in [0.25, 0.3) is 0 Å². The molecule has 0 unspecified atom stereocenters. The first-order valence-electron chi connectivity index (χ1n) is 3.98. The summed E-state index contributed by atoms with van der Waals surface area (Å²) in [4.78, 5) is 35.5. The van der Waals surface area contributed by atoms with Gasteiger partial charge in [0.15, 0.2) is 0 Å². The largest absolute Gasteiger partial charge is 0.333 e. The molecular weight excluding hydrogens is 190 g/mol. The molecule has 72 valence electrons. The minimum atomic E-state index is -0.621. The number of hydrogen-bond donors (Lipinski definition) is 1. The van der Waals surface area contributed by atoms with Gasteiger partial charge in [-0.25, -0.2) is 19.0 Å². The molecule has 0 atom stereocenters. The number of nitrogens with one attached hydrogen (secondary N) is 1. The molecular formula is C6H11N3O3Si. The second-order valence-corrected chi connectivity index (χ2v) is 3.62. The monoisotopic (exact) mass is 201 g/mol. The fraction of sp³-hybridized carbons (Fsp3) is 0.500. The smallest absolute Gasteiger partial charge is 0.284 e. The molecule has 0 saturated heterocycles. The van der Waals surface area contributed by atoms with E-state index in [1.54, 1.807) is 0 Å². The molecule has 0 amide bonds. The summed E-state index contributed by atoms with van der Waals surface area (Å²) in [6, 6.07) is 0. The average molecular weight is 201 g/mol. The third-order valence-corrected chi connectivity index (χ3v) is 2.52. The van der Waals surface area contributed by atoms with Gasteiger partial charge in [-0.1, -0.05) is 6.92 Å². The van der Waals surface area contributed by atoms with Gasteiger partial charge in [-0.2, -0.15) is 0 Å². The van der Waals surface area contributed by atoms with Crippen LogP contribution in [-0.2, 0) is 6.54 Å². The highest BCUT2D eigenvalue weighted by molar-refractivity contribution is 6.06. The van der Waals surface area contributed by atoms with Crippen molar-refractivity contribution in [3.05, 3.63) is 31.5 Å². The highest BCUT2D eigenvalue weighted by atomic mass is 28.2. The van der Waals surface area contributed by atoms with Gasteiger partial charge in [0.2, 0.25) is 0 Å². The highest BCUT2D eigenvalue weighted by Gasteiger charge is 2.03. The van der Waals surface area contributed by atoms with Gasteiger partial charge in [-0.15, -0.1) is 0 Å². The Labute approximate surface area is 76.3 Å². The van der Waals surface area contributed by atoms with E-state index in [1.807, 2.05) is 6.92 Å². The van der Waals surface area contributed by atoms with E-state index >= 15 is 0 Å². The van der Waals surface area contributed by atoms with E-state index in [9.17, 15) is 14.4 Å². The van der Waals surface area contributed by atoms with Crippen molar-refractivity contribution in [3.63, 3.8) is 0 Å². The minimum Gasteiger partial charge on any atom is -0.284 e. The lowest BCUT2D eigenvalue weighted by Crippen LogP contribution is -2.48. The lowest BCUT2D eigenvalue weighted by molar-refractivity contribution is 0.575. The summed E-state index contributed by atoms with van der Waals surface area (Å²) in [6.07, 6.45) is 0.683. The Morgan fingerprint density at radius 1 is 1.31 bits per heavy atom. The van der Waals surface area contributed by atoms with E-state index in [4.69, 9.17) is 0 Å². The number of H-pyrrole nitrogens is 1. The first-order chi connectivity index (χ1) is 6.07. The Morgan fingerprint density at radius 3 is 2.46 bits per heavy atom. The lowest BCUT2D eigenvalue weighted by atomic mass is 10.5. The van der Waals surface area contributed by atoms with Crippen LogP contribution in [0.15, 0.2) is 14.4 Å². The van der Waals surface area contributed by atoms with Crippen molar-refractivity contribution < 1.29 is 0 Å². The third kappa shape index (κ3) is 1.69. The van der Waals surface area contributed by atoms with Crippen LogP contribution in [0.2, 0.25) is 0 Å². The summed E-state index contributed by atoms with van der Waals surface area (Å²) >= 11 is 0. The molecule has 0 aliphatic heterocycles. The summed E-state index contributed by atoms with van der Waals surface area (Å²) in [5.41, 5.74) is -1.75. The molecule has 0 radical (unpaired) electrons. The van der Waals surface area contributed by atoms with E-state index in [1.165, 1.54) is 0 Å². The van der Waals surface area contributed by atoms with E-state index in [0.29, 0.717) is 13.0 Å². The van der Waals surface area contributed by atoms with Crippen molar-refractivity contribution in [1.29, 1.82) is 0 Å². The summed E-state index contributed by atoms with van der Waals surface area (Å²) in [5.74, 6) is 0. The molecule has 7 heteroatoms. The Kier molecular flexibility index (Phi) is 2.66. The predicted molar refractivity (Wildman–Crippen MR) is 51.2 cm³/mol. The summed E-state index contributed by atoms with van der Waals surface area (Å²) in [6.45, 7) is 2.20. The number of nitrogens with zero attached hydrogens (tertiary/aromatic N) is 2. The molecule has 0 fully saturated rings. The second kappa shape index (κ2) is 3.56. The SMILES string of the molecule is CCCn1c(=O)[nH]c(=O)n([SiH3])c1=O. The third-order valence-electron chi connectivity index (χ3n) is 1.73. The Bertz CT molecular complexity index is 469. The van der Waals surface area contributed by atoms with Crippen LogP contribution < -0.4 is 17.1 Å². The molecule has 0 aliphatic rings. The lowest BCUT2D eigenvalue weighted by Gasteiger charge is -2.02. The minimum absolute atomic E-state index is 0.283. The zero-order valence-electron chi connectivity index (χ0n) is 7.53. The zero-order valence-corrected chi connectivity index (χ0v) is 9.53. The van der Waals surface area contributed by atoms with Crippen LogP contribution in [0.25, 0.3) is 0 Å². The second-order valence-electron chi connectivity index (χ2n) is 2.73. The van der Waals surface area contributed by atoms with Gasteiger partial charge in [0.1, 0.15) is 10.4 Å². The van der Waals surface area contributed by atoms with Crippen molar-refractivity contribution in [2.75, 3.05) is 0 Å². The van der Waals surface area contributed by atoms with Crippen molar-refractivity contribution >= 4 is 10.4 Å². The standard InChI is InChI=1S/C6H11N3O3Si/c1-2-3-8-4(10)7-5(11)9(13)6(8)12/h2-3H2,1,13H3,(H,7,10,11). The Morgan fingerprint density at radius 2 is 1.92 bits per heavy atom. The predicted octanol–water partition coefficient (Wildman–Crippen LogP) is -2.76.